The first-order chi connectivity index (χ1) is 13.9. The first kappa shape index (κ1) is 19.4. The van der Waals surface area contributed by atoms with Crippen LogP contribution in [0.1, 0.15) is 34.9 Å². The zero-order valence-electron chi connectivity index (χ0n) is 16.7. The molecule has 0 aliphatic carbocycles. The molecule has 1 fully saturated rings. The highest BCUT2D eigenvalue weighted by molar-refractivity contribution is 6.30. The van der Waals surface area contributed by atoms with Crippen molar-refractivity contribution >= 4 is 23.5 Å². The summed E-state index contributed by atoms with van der Waals surface area (Å²) in [5.41, 5.74) is 3.28. The summed E-state index contributed by atoms with van der Waals surface area (Å²) in [6.07, 6.45) is 6.96. The van der Waals surface area contributed by atoms with E-state index in [0.29, 0.717) is 23.1 Å². The number of carbonyl (C=O) groups is 1. The molecule has 1 amide bonds. The van der Waals surface area contributed by atoms with Crippen LogP contribution in [0.5, 0.6) is 0 Å². The number of likely N-dealkylation sites (tertiary alicyclic amines) is 1. The van der Waals surface area contributed by atoms with Gasteiger partial charge in [0.15, 0.2) is 0 Å². The number of aromatic nitrogens is 4. The average Bonchev–Trinajstić information content (AvgIpc) is 3.36. The van der Waals surface area contributed by atoms with Gasteiger partial charge in [-0.05, 0) is 30.5 Å². The fourth-order valence-corrected chi connectivity index (χ4v) is 3.92. The van der Waals surface area contributed by atoms with Crippen molar-refractivity contribution in [2.24, 2.45) is 7.05 Å². The molecule has 8 heteroatoms. The predicted molar refractivity (Wildman–Crippen MR) is 113 cm³/mol. The van der Waals surface area contributed by atoms with Crippen molar-refractivity contribution in [2.75, 3.05) is 25.5 Å². The van der Waals surface area contributed by atoms with E-state index in [1.165, 1.54) is 0 Å². The van der Waals surface area contributed by atoms with Crippen molar-refractivity contribution in [1.29, 1.82) is 0 Å². The lowest BCUT2D eigenvalue weighted by atomic mass is 9.99. The Morgan fingerprint density at radius 3 is 2.79 bits per heavy atom. The maximum absolute atomic E-state index is 13.2. The van der Waals surface area contributed by atoms with Crippen molar-refractivity contribution in [2.45, 2.75) is 18.9 Å². The van der Waals surface area contributed by atoms with Gasteiger partial charge in [0, 0.05) is 50.7 Å². The van der Waals surface area contributed by atoms with Crippen molar-refractivity contribution in [3.63, 3.8) is 0 Å². The van der Waals surface area contributed by atoms with E-state index in [2.05, 4.69) is 10.1 Å². The van der Waals surface area contributed by atoms with Crippen LogP contribution in [0, 0.1) is 0 Å². The zero-order valence-corrected chi connectivity index (χ0v) is 17.5. The molecule has 3 heterocycles. The third kappa shape index (κ3) is 3.82. The fraction of sp³-hybridized carbons (Fsp3) is 0.333. The van der Waals surface area contributed by atoms with E-state index in [4.69, 9.17) is 16.6 Å². The van der Waals surface area contributed by atoms with Crippen LogP contribution in [0.15, 0.2) is 42.9 Å². The van der Waals surface area contributed by atoms with Gasteiger partial charge in [-0.25, -0.2) is 9.97 Å². The number of aryl methyl sites for hydroxylation is 1. The number of anilines is 1. The van der Waals surface area contributed by atoms with Crippen molar-refractivity contribution in [3.8, 4) is 11.1 Å². The summed E-state index contributed by atoms with van der Waals surface area (Å²) in [6, 6.07) is 7.52. The molecule has 1 aliphatic rings. The van der Waals surface area contributed by atoms with Gasteiger partial charge in [0.25, 0.3) is 5.91 Å². The highest BCUT2D eigenvalue weighted by Gasteiger charge is 2.34. The van der Waals surface area contributed by atoms with Crippen LogP contribution in [-0.2, 0) is 7.05 Å². The molecule has 4 rings (SSSR count). The average molecular weight is 411 g/mol. The number of rotatable bonds is 4. The Hall–Kier alpha value is -2.93. The molecule has 7 nitrogen and oxygen atoms in total. The van der Waals surface area contributed by atoms with Gasteiger partial charge in [-0.1, -0.05) is 23.7 Å². The summed E-state index contributed by atoms with van der Waals surface area (Å²) >= 11 is 6.23. The van der Waals surface area contributed by atoms with Gasteiger partial charge < -0.3 is 9.80 Å². The number of halogens is 1. The number of amides is 1. The number of carbonyl (C=O) groups excluding carboxylic acids is 1. The number of benzene rings is 1. The standard InChI is InChI=1S/C21H23ClN6O/c1-26(2)21-23-12-17(14-6-4-7-16(22)10-14)19(25-21)18-8-5-9-28(18)20(29)15-11-24-27(3)13-15/h4,6-7,10-13,18H,5,8-9H2,1-3H3/t18-/m0/s1. The Labute approximate surface area is 174 Å². The first-order valence-electron chi connectivity index (χ1n) is 9.54. The molecule has 0 bridgehead atoms. The van der Waals surface area contributed by atoms with Crippen molar-refractivity contribution < 1.29 is 4.79 Å². The molecule has 0 radical (unpaired) electrons. The summed E-state index contributed by atoms with van der Waals surface area (Å²) in [7, 11) is 5.63. The molecule has 0 spiro atoms. The maximum Gasteiger partial charge on any atom is 0.257 e. The third-order valence-electron chi connectivity index (χ3n) is 5.12. The van der Waals surface area contributed by atoms with E-state index in [1.807, 2.05) is 61.4 Å². The van der Waals surface area contributed by atoms with Crippen LogP contribution in [0.25, 0.3) is 11.1 Å². The Bertz CT molecular complexity index is 1050. The Balaban J connectivity index is 1.79. The van der Waals surface area contributed by atoms with E-state index >= 15 is 0 Å². The van der Waals surface area contributed by atoms with E-state index < -0.39 is 0 Å². The second-order valence-electron chi connectivity index (χ2n) is 7.43. The van der Waals surface area contributed by atoms with E-state index in [9.17, 15) is 4.79 Å². The van der Waals surface area contributed by atoms with E-state index in [-0.39, 0.29) is 11.9 Å². The largest absolute Gasteiger partial charge is 0.347 e. The zero-order chi connectivity index (χ0) is 20.5. The van der Waals surface area contributed by atoms with Gasteiger partial charge in [0.05, 0.1) is 23.5 Å². The van der Waals surface area contributed by atoms with Crippen molar-refractivity contribution in [1.82, 2.24) is 24.6 Å². The van der Waals surface area contributed by atoms with E-state index in [0.717, 1.165) is 29.7 Å². The summed E-state index contributed by atoms with van der Waals surface area (Å²) in [4.78, 5) is 26.3. The number of hydrogen-bond acceptors (Lipinski definition) is 5. The van der Waals surface area contributed by atoms with Gasteiger partial charge in [0.1, 0.15) is 0 Å². The molecule has 29 heavy (non-hydrogen) atoms. The predicted octanol–water partition coefficient (Wildman–Crippen LogP) is 3.57. The first-order valence-corrected chi connectivity index (χ1v) is 9.91. The molecule has 1 aromatic carbocycles. The summed E-state index contributed by atoms with van der Waals surface area (Å²) in [6.45, 7) is 0.689. The van der Waals surface area contributed by atoms with Crippen LogP contribution < -0.4 is 4.90 Å². The number of nitrogens with zero attached hydrogens (tertiary/aromatic N) is 6. The second kappa shape index (κ2) is 7.83. The highest BCUT2D eigenvalue weighted by atomic mass is 35.5. The van der Waals surface area contributed by atoms with Gasteiger partial charge in [-0.2, -0.15) is 5.10 Å². The molecular formula is C21H23ClN6O. The molecule has 0 saturated carbocycles. The quantitative estimate of drug-likeness (QED) is 0.657. The van der Waals surface area contributed by atoms with Crippen LogP contribution in [0.2, 0.25) is 5.02 Å². The molecule has 1 atom stereocenters. The topological polar surface area (TPSA) is 67.2 Å². The molecule has 1 saturated heterocycles. The summed E-state index contributed by atoms with van der Waals surface area (Å²) in [5.74, 6) is 0.592. The van der Waals surface area contributed by atoms with Crippen LogP contribution in [0.3, 0.4) is 0 Å². The Kier molecular flexibility index (Phi) is 5.24. The molecule has 3 aromatic rings. The minimum absolute atomic E-state index is 0.0253. The fourth-order valence-electron chi connectivity index (χ4n) is 3.72. The maximum atomic E-state index is 13.2. The minimum Gasteiger partial charge on any atom is -0.347 e. The van der Waals surface area contributed by atoms with Crippen molar-refractivity contribution in [3.05, 3.63) is 59.1 Å². The van der Waals surface area contributed by atoms with Crippen LogP contribution >= 0.6 is 11.6 Å². The van der Waals surface area contributed by atoms with Crippen LogP contribution in [0.4, 0.5) is 5.95 Å². The van der Waals surface area contributed by atoms with Gasteiger partial charge >= 0.3 is 0 Å². The Morgan fingerprint density at radius 2 is 2.10 bits per heavy atom. The van der Waals surface area contributed by atoms with Gasteiger partial charge in [-0.3, -0.25) is 9.48 Å². The SMILES string of the molecule is CN(C)c1ncc(-c2cccc(Cl)c2)c([C@@H]2CCCN2C(=O)c2cnn(C)c2)n1. The molecule has 0 N–H and O–H groups in total. The lowest BCUT2D eigenvalue weighted by Crippen LogP contribution is -2.31. The van der Waals surface area contributed by atoms with E-state index in [1.54, 1.807) is 17.1 Å². The molecule has 150 valence electrons. The molecule has 2 aromatic heterocycles. The van der Waals surface area contributed by atoms with Gasteiger partial charge in [0.2, 0.25) is 5.95 Å². The third-order valence-corrected chi connectivity index (χ3v) is 5.36. The number of hydrogen-bond donors (Lipinski definition) is 0. The second-order valence-corrected chi connectivity index (χ2v) is 7.87. The molecular weight excluding hydrogens is 388 g/mol. The monoisotopic (exact) mass is 410 g/mol. The smallest absolute Gasteiger partial charge is 0.257 e. The van der Waals surface area contributed by atoms with Crippen LogP contribution in [-0.4, -0.2) is 51.2 Å². The molecule has 1 aliphatic heterocycles. The summed E-state index contributed by atoms with van der Waals surface area (Å²) in [5, 5.41) is 4.79. The normalized spacial score (nSPS) is 16.3. The molecule has 0 unspecified atom stereocenters. The minimum atomic E-state index is -0.126. The van der Waals surface area contributed by atoms with Gasteiger partial charge in [-0.15, -0.1) is 0 Å². The lowest BCUT2D eigenvalue weighted by molar-refractivity contribution is 0.0733. The Morgan fingerprint density at radius 1 is 1.28 bits per heavy atom. The summed E-state index contributed by atoms with van der Waals surface area (Å²) < 4.78 is 1.64. The lowest BCUT2D eigenvalue weighted by Gasteiger charge is -2.26. The highest BCUT2D eigenvalue weighted by Crippen LogP contribution is 2.38.